The van der Waals surface area contributed by atoms with Crippen LogP contribution < -0.4 is 0 Å². The Morgan fingerprint density at radius 3 is 2.53 bits per heavy atom. The Hall–Kier alpha value is -2.38. The maximum Gasteiger partial charge on any atom is 0.297 e. The highest BCUT2D eigenvalue weighted by molar-refractivity contribution is 9.09. The minimum absolute atomic E-state index is 0.0739. The number of hydrogen-bond donors (Lipinski definition) is 0. The molecule has 6 nitrogen and oxygen atoms in total. The molecule has 0 aromatic heterocycles. The van der Waals surface area contributed by atoms with Gasteiger partial charge in [-0.1, -0.05) is 64.0 Å². The number of ether oxygens (including phenoxy) is 2. The lowest BCUT2D eigenvalue weighted by Gasteiger charge is -2.35. The van der Waals surface area contributed by atoms with Gasteiger partial charge in [-0.05, 0) is 37.1 Å². The average Bonchev–Trinajstić information content (AvgIpc) is 2.77. The normalized spacial score (nSPS) is 17.3. The number of aryl methyl sites for hydroxylation is 1. The van der Waals surface area contributed by atoms with Gasteiger partial charge in [-0.25, -0.2) is 17.5 Å². The molecule has 0 radical (unpaired) electrons. The molecule has 2 aromatic carbocycles. The molecular formula is C22H22BrNO5S. The molecule has 0 bridgehead atoms. The molecule has 0 fully saturated rings. The number of carbonyl (C=O) groups excluding carboxylic acids is 1. The van der Waals surface area contributed by atoms with E-state index in [1.54, 1.807) is 24.2 Å². The van der Waals surface area contributed by atoms with Crippen LogP contribution in [0.3, 0.4) is 0 Å². The Morgan fingerprint density at radius 1 is 1.17 bits per heavy atom. The third-order valence-corrected chi connectivity index (χ3v) is 7.41. The summed E-state index contributed by atoms with van der Waals surface area (Å²) in [7, 11) is -4.02. The van der Waals surface area contributed by atoms with Crippen LogP contribution in [0.1, 0.15) is 17.5 Å². The Kier molecular flexibility index (Phi) is 7.50. The number of alkyl halides is 1. The van der Waals surface area contributed by atoms with Crippen LogP contribution in [0.5, 0.6) is 0 Å². The third-order valence-electron chi connectivity index (χ3n) is 4.61. The standard InChI is InChI=1S/C22H22BrNO5S/c1-17-7-9-19(10-8-17)30(26,27)24-21(12-14-29-22(24)15-25)20(23)11-13-28-16-18-5-3-2-4-6-18/h2-10,12,14,20-21H,11,13,16H2,1H3/t20?,21-/m1/s1. The minimum atomic E-state index is -4.02. The highest BCUT2D eigenvalue weighted by Crippen LogP contribution is 2.31. The van der Waals surface area contributed by atoms with E-state index < -0.39 is 21.9 Å². The first-order valence-electron chi connectivity index (χ1n) is 9.39. The van der Waals surface area contributed by atoms with E-state index >= 15 is 0 Å². The number of sulfonamides is 1. The van der Waals surface area contributed by atoms with Crippen molar-refractivity contribution in [2.45, 2.75) is 35.7 Å². The molecule has 1 aliphatic heterocycles. The van der Waals surface area contributed by atoms with Crippen LogP contribution in [-0.4, -0.2) is 36.1 Å². The number of halogens is 1. The fraction of sp³-hybridized carbons (Fsp3) is 0.273. The Morgan fingerprint density at radius 2 is 1.87 bits per heavy atom. The largest absolute Gasteiger partial charge is 0.439 e. The van der Waals surface area contributed by atoms with Crippen molar-refractivity contribution in [2.75, 3.05) is 6.61 Å². The summed E-state index contributed by atoms with van der Waals surface area (Å²) in [4.78, 5) is 11.2. The van der Waals surface area contributed by atoms with Crippen LogP contribution in [0.4, 0.5) is 0 Å². The first kappa shape index (κ1) is 22.3. The topological polar surface area (TPSA) is 72.9 Å². The molecule has 0 amide bonds. The van der Waals surface area contributed by atoms with E-state index in [0.29, 0.717) is 19.6 Å². The van der Waals surface area contributed by atoms with Crippen molar-refractivity contribution in [2.24, 2.45) is 0 Å². The zero-order valence-corrected chi connectivity index (χ0v) is 18.8. The van der Waals surface area contributed by atoms with Gasteiger partial charge in [-0.2, -0.15) is 0 Å². The Bertz CT molecular complexity index is 1030. The Labute approximate surface area is 185 Å². The molecule has 0 saturated heterocycles. The second-order valence-electron chi connectivity index (χ2n) is 6.80. The SMILES string of the molecule is Cc1ccc(S(=O)(=O)N2C(=C=O)OC=C[C@@H]2C(Br)CCOCc2ccccc2)cc1. The number of rotatable bonds is 8. The van der Waals surface area contributed by atoms with Crippen LogP contribution in [0, 0.1) is 6.92 Å². The molecular weight excluding hydrogens is 470 g/mol. The summed E-state index contributed by atoms with van der Waals surface area (Å²) < 4.78 is 38.3. The molecule has 1 aliphatic rings. The highest BCUT2D eigenvalue weighted by Gasteiger charge is 2.39. The summed E-state index contributed by atoms with van der Waals surface area (Å²) >= 11 is 3.56. The van der Waals surface area contributed by atoms with Gasteiger partial charge in [0.1, 0.15) is 0 Å². The summed E-state index contributed by atoms with van der Waals surface area (Å²) in [6, 6.07) is 15.5. The molecule has 2 atom stereocenters. The van der Waals surface area contributed by atoms with Gasteiger partial charge in [-0.3, -0.25) is 0 Å². The van der Waals surface area contributed by atoms with E-state index in [0.717, 1.165) is 15.4 Å². The molecule has 8 heteroatoms. The third kappa shape index (κ3) is 5.21. The summed E-state index contributed by atoms with van der Waals surface area (Å²) in [6.07, 6.45) is 3.43. The van der Waals surface area contributed by atoms with E-state index in [9.17, 15) is 13.2 Å². The summed E-state index contributed by atoms with van der Waals surface area (Å²) in [5, 5.41) is 0. The van der Waals surface area contributed by atoms with Crippen molar-refractivity contribution in [3.05, 3.63) is 83.9 Å². The van der Waals surface area contributed by atoms with Crippen LogP contribution >= 0.6 is 15.9 Å². The van der Waals surface area contributed by atoms with Crippen molar-refractivity contribution in [3.8, 4) is 0 Å². The zero-order valence-electron chi connectivity index (χ0n) is 16.4. The molecule has 0 aliphatic carbocycles. The lowest BCUT2D eigenvalue weighted by atomic mass is 10.1. The lowest BCUT2D eigenvalue weighted by molar-refractivity contribution is 0.113. The molecule has 0 N–H and O–H groups in total. The fourth-order valence-electron chi connectivity index (χ4n) is 3.01. The molecule has 1 heterocycles. The van der Waals surface area contributed by atoms with Crippen LogP contribution in [0.2, 0.25) is 0 Å². The monoisotopic (exact) mass is 491 g/mol. The molecule has 30 heavy (non-hydrogen) atoms. The molecule has 2 aromatic rings. The molecule has 0 saturated carbocycles. The van der Waals surface area contributed by atoms with Crippen molar-refractivity contribution >= 4 is 31.9 Å². The summed E-state index contributed by atoms with van der Waals surface area (Å²) in [5.41, 5.74) is 1.99. The second kappa shape index (κ2) is 10.1. The van der Waals surface area contributed by atoms with Gasteiger partial charge < -0.3 is 9.47 Å². The summed E-state index contributed by atoms with van der Waals surface area (Å²) in [6.45, 7) is 2.75. The van der Waals surface area contributed by atoms with E-state index in [1.807, 2.05) is 37.3 Å². The van der Waals surface area contributed by atoms with Gasteiger partial charge in [0.25, 0.3) is 15.9 Å². The maximum atomic E-state index is 13.3. The van der Waals surface area contributed by atoms with Crippen LogP contribution in [0.15, 0.2) is 77.7 Å². The molecule has 1 unspecified atom stereocenters. The lowest BCUT2D eigenvalue weighted by Crippen LogP contribution is -2.46. The predicted molar refractivity (Wildman–Crippen MR) is 117 cm³/mol. The van der Waals surface area contributed by atoms with E-state index in [2.05, 4.69) is 15.9 Å². The van der Waals surface area contributed by atoms with Crippen LogP contribution in [0.25, 0.3) is 0 Å². The second-order valence-corrected chi connectivity index (χ2v) is 9.79. The first-order valence-corrected chi connectivity index (χ1v) is 11.7. The quantitative estimate of drug-likeness (QED) is 0.317. The fourth-order valence-corrected chi connectivity index (χ4v) is 5.31. The molecule has 158 valence electrons. The smallest absolute Gasteiger partial charge is 0.297 e. The van der Waals surface area contributed by atoms with Crippen molar-refractivity contribution in [3.63, 3.8) is 0 Å². The zero-order chi connectivity index (χ0) is 21.6. The number of hydrogen-bond acceptors (Lipinski definition) is 5. The van der Waals surface area contributed by atoms with Crippen molar-refractivity contribution < 1.29 is 22.7 Å². The van der Waals surface area contributed by atoms with Crippen molar-refractivity contribution in [1.29, 1.82) is 0 Å². The van der Waals surface area contributed by atoms with Gasteiger partial charge in [0.2, 0.25) is 0 Å². The average molecular weight is 492 g/mol. The van der Waals surface area contributed by atoms with Gasteiger partial charge >= 0.3 is 0 Å². The Balaban J connectivity index is 1.74. The van der Waals surface area contributed by atoms with E-state index in [-0.39, 0.29) is 9.72 Å². The molecule has 3 rings (SSSR count). The van der Waals surface area contributed by atoms with Gasteiger partial charge in [0, 0.05) is 11.4 Å². The first-order chi connectivity index (χ1) is 14.4. The predicted octanol–water partition coefficient (Wildman–Crippen LogP) is 3.94. The van der Waals surface area contributed by atoms with Crippen LogP contribution in [-0.2, 0) is 30.9 Å². The summed E-state index contributed by atoms with van der Waals surface area (Å²) in [5.74, 6) is 1.21. The number of nitrogens with zero attached hydrogens (tertiary/aromatic N) is 1. The van der Waals surface area contributed by atoms with E-state index in [4.69, 9.17) is 9.47 Å². The minimum Gasteiger partial charge on any atom is -0.439 e. The van der Waals surface area contributed by atoms with Gasteiger partial charge in [-0.15, -0.1) is 0 Å². The van der Waals surface area contributed by atoms with Gasteiger partial charge in [0.15, 0.2) is 5.94 Å². The highest BCUT2D eigenvalue weighted by atomic mass is 79.9. The van der Waals surface area contributed by atoms with Gasteiger partial charge in [0.05, 0.1) is 23.8 Å². The number of benzene rings is 2. The van der Waals surface area contributed by atoms with E-state index in [1.165, 1.54) is 18.4 Å². The van der Waals surface area contributed by atoms with Crippen molar-refractivity contribution in [1.82, 2.24) is 4.31 Å². The molecule has 0 spiro atoms. The maximum absolute atomic E-state index is 13.3.